The van der Waals surface area contributed by atoms with Crippen LogP contribution in [0.3, 0.4) is 0 Å². The Kier molecular flexibility index (Phi) is 14.8. The Labute approximate surface area is 178 Å². The van der Waals surface area contributed by atoms with Crippen LogP contribution in [0.4, 0.5) is 0 Å². The van der Waals surface area contributed by atoms with Crippen molar-refractivity contribution >= 4 is 25.5 Å². The van der Waals surface area contributed by atoms with E-state index in [0.717, 1.165) is 11.7 Å². The van der Waals surface area contributed by atoms with Crippen molar-refractivity contribution in [2.45, 2.75) is 116 Å². The third-order valence-electron chi connectivity index (χ3n) is 6.31. The Morgan fingerprint density at radius 1 is 0.821 bits per heavy atom. The molecule has 1 unspecified atom stereocenters. The Morgan fingerprint density at radius 3 is 1.64 bits per heavy atom. The fraction of sp³-hybridized carbons (Fsp3) is 1.00. The first-order chi connectivity index (χ1) is 13.1. The number of hydrogen-bond donors (Lipinski definition) is 1. The zero-order valence-electron chi connectivity index (χ0n) is 19.8. The molecule has 3 nitrogen and oxygen atoms in total. The zero-order chi connectivity index (χ0) is 21.7. The standard InChI is InChI=1S/C22H49O3PSSi/c1-7-11-16-26(17-12-8-2,18-13-9-3)22(15-10-4)21-28(5,6)20-14-19-27(23,24)25/h22H,7-21H2,1-6H3/p+1. The van der Waals surface area contributed by atoms with E-state index in [4.69, 9.17) is 4.55 Å². The molecule has 0 aliphatic carbocycles. The highest BCUT2D eigenvalue weighted by Gasteiger charge is 2.45. The summed E-state index contributed by atoms with van der Waals surface area (Å²) < 4.78 is 31.4. The number of hydrogen-bond acceptors (Lipinski definition) is 2. The van der Waals surface area contributed by atoms with E-state index in [9.17, 15) is 8.42 Å². The summed E-state index contributed by atoms with van der Waals surface area (Å²) in [4.78, 5) is 0. The van der Waals surface area contributed by atoms with E-state index in [1.54, 1.807) is 0 Å². The first-order valence-corrected chi connectivity index (χ1v) is 19.3. The van der Waals surface area contributed by atoms with Crippen LogP contribution in [-0.4, -0.2) is 50.9 Å². The highest BCUT2D eigenvalue weighted by molar-refractivity contribution is 7.85. The van der Waals surface area contributed by atoms with Gasteiger partial charge in [0.2, 0.25) is 0 Å². The van der Waals surface area contributed by atoms with Crippen molar-refractivity contribution in [3.63, 3.8) is 0 Å². The van der Waals surface area contributed by atoms with Crippen LogP contribution in [0.1, 0.15) is 85.5 Å². The molecule has 1 atom stereocenters. The summed E-state index contributed by atoms with van der Waals surface area (Å²) in [5.74, 6) is -0.0658. The van der Waals surface area contributed by atoms with Crippen LogP contribution in [0.25, 0.3) is 0 Å². The van der Waals surface area contributed by atoms with Crippen LogP contribution in [0, 0.1) is 0 Å². The van der Waals surface area contributed by atoms with Crippen molar-refractivity contribution in [1.29, 1.82) is 0 Å². The third kappa shape index (κ3) is 12.3. The minimum Gasteiger partial charge on any atom is -0.286 e. The molecular formula is C22H50O3PSSi+. The molecular weight excluding hydrogens is 403 g/mol. The molecule has 0 aromatic rings. The first-order valence-electron chi connectivity index (χ1n) is 11.9. The monoisotopic (exact) mass is 453 g/mol. The van der Waals surface area contributed by atoms with Crippen molar-refractivity contribution in [1.82, 2.24) is 0 Å². The molecule has 0 saturated heterocycles. The van der Waals surface area contributed by atoms with Crippen molar-refractivity contribution in [3.8, 4) is 0 Å². The lowest BCUT2D eigenvalue weighted by Crippen LogP contribution is -2.34. The largest absolute Gasteiger partial charge is 0.286 e. The van der Waals surface area contributed by atoms with Crippen molar-refractivity contribution in [2.75, 3.05) is 24.2 Å². The summed E-state index contributed by atoms with van der Waals surface area (Å²) in [6.45, 7) is 14.2. The highest BCUT2D eigenvalue weighted by atomic mass is 32.2. The number of unbranched alkanes of at least 4 members (excludes halogenated alkanes) is 3. The molecule has 0 bridgehead atoms. The molecule has 170 valence electrons. The Balaban J connectivity index is 5.47. The van der Waals surface area contributed by atoms with Crippen LogP contribution in [0.5, 0.6) is 0 Å². The maximum absolute atomic E-state index is 11.1. The second-order valence-electron chi connectivity index (χ2n) is 9.65. The lowest BCUT2D eigenvalue weighted by molar-refractivity contribution is 0.482. The SMILES string of the molecule is CCCC[P+](CCCC)(CCCC)C(CCC)C[Si](C)(C)CCCS(=O)(=O)O. The van der Waals surface area contributed by atoms with Crippen LogP contribution in [0.15, 0.2) is 0 Å². The summed E-state index contributed by atoms with van der Waals surface area (Å²) in [5.41, 5.74) is 0.884. The molecule has 6 heteroatoms. The van der Waals surface area contributed by atoms with Crippen molar-refractivity contribution < 1.29 is 13.0 Å². The predicted molar refractivity (Wildman–Crippen MR) is 133 cm³/mol. The van der Waals surface area contributed by atoms with Crippen molar-refractivity contribution in [2.24, 2.45) is 0 Å². The molecule has 0 saturated carbocycles. The molecule has 0 fully saturated rings. The molecule has 0 aromatic carbocycles. The summed E-state index contributed by atoms with van der Waals surface area (Å²) in [7, 11) is -6.27. The molecule has 0 radical (unpaired) electrons. The van der Waals surface area contributed by atoms with Gasteiger partial charge in [-0.2, -0.15) is 8.42 Å². The molecule has 0 amide bonds. The van der Waals surface area contributed by atoms with E-state index < -0.39 is 25.5 Å². The minimum atomic E-state index is -3.82. The van der Waals surface area contributed by atoms with Gasteiger partial charge in [0.05, 0.1) is 38.0 Å². The molecule has 0 heterocycles. The average molecular weight is 454 g/mol. The van der Waals surface area contributed by atoms with Crippen LogP contribution < -0.4 is 0 Å². The smallest absolute Gasteiger partial charge is 0.264 e. The molecule has 28 heavy (non-hydrogen) atoms. The van der Waals surface area contributed by atoms with Crippen molar-refractivity contribution in [3.05, 3.63) is 0 Å². The summed E-state index contributed by atoms with van der Waals surface area (Å²) >= 11 is 0. The van der Waals surface area contributed by atoms with E-state index in [1.165, 1.54) is 75.9 Å². The quantitative estimate of drug-likeness (QED) is 0.132. The maximum Gasteiger partial charge on any atom is 0.264 e. The molecule has 0 aliphatic heterocycles. The molecule has 0 rings (SSSR count). The van der Waals surface area contributed by atoms with Crippen LogP contribution in [0.2, 0.25) is 25.2 Å². The fourth-order valence-corrected chi connectivity index (χ4v) is 16.7. The summed E-state index contributed by atoms with van der Waals surface area (Å²) in [6.07, 6.45) is 15.7. The van der Waals surface area contributed by atoms with Gasteiger partial charge >= 0.3 is 0 Å². The van der Waals surface area contributed by atoms with Crippen LogP contribution in [-0.2, 0) is 10.1 Å². The zero-order valence-corrected chi connectivity index (χ0v) is 22.5. The van der Waals surface area contributed by atoms with Crippen LogP contribution >= 0.6 is 7.26 Å². The average Bonchev–Trinajstić information content (AvgIpc) is 2.59. The third-order valence-corrected chi connectivity index (χ3v) is 16.4. The van der Waals surface area contributed by atoms with E-state index in [0.29, 0.717) is 6.42 Å². The van der Waals surface area contributed by atoms with Gasteiger partial charge in [0.1, 0.15) is 0 Å². The van der Waals surface area contributed by atoms with E-state index >= 15 is 0 Å². The highest BCUT2D eigenvalue weighted by Crippen LogP contribution is 2.67. The number of rotatable bonds is 18. The molecule has 0 spiro atoms. The predicted octanol–water partition coefficient (Wildman–Crippen LogP) is 7.56. The summed E-state index contributed by atoms with van der Waals surface area (Å²) in [5, 5.41) is 0. The van der Waals surface area contributed by atoms with Gasteiger partial charge in [0.15, 0.2) is 0 Å². The lowest BCUT2D eigenvalue weighted by Gasteiger charge is -2.39. The van der Waals surface area contributed by atoms with Gasteiger partial charge in [-0.3, -0.25) is 4.55 Å². The first kappa shape index (κ1) is 28.6. The van der Waals surface area contributed by atoms with Gasteiger partial charge in [0.25, 0.3) is 10.1 Å². The molecule has 0 aliphatic rings. The normalized spacial score (nSPS) is 14.4. The topological polar surface area (TPSA) is 54.4 Å². The van der Waals surface area contributed by atoms with E-state index in [-0.39, 0.29) is 5.75 Å². The van der Waals surface area contributed by atoms with E-state index in [1.807, 2.05) is 0 Å². The van der Waals surface area contributed by atoms with Gasteiger partial charge in [-0.05, 0) is 38.1 Å². The van der Waals surface area contributed by atoms with Gasteiger partial charge < -0.3 is 0 Å². The Hall–Kier alpha value is 0.557. The van der Waals surface area contributed by atoms with Gasteiger partial charge in [-0.15, -0.1) is 0 Å². The second-order valence-corrected chi connectivity index (χ2v) is 21.0. The van der Waals surface area contributed by atoms with Gasteiger partial charge in [-0.25, -0.2) is 0 Å². The minimum absolute atomic E-state index is 0.0658. The van der Waals surface area contributed by atoms with Gasteiger partial charge in [-0.1, -0.05) is 72.5 Å². The van der Waals surface area contributed by atoms with Gasteiger partial charge in [0, 0.05) is 7.26 Å². The maximum atomic E-state index is 11.1. The summed E-state index contributed by atoms with van der Waals surface area (Å²) in [6, 6.07) is 2.37. The molecule has 0 aromatic heterocycles. The fourth-order valence-electron chi connectivity index (χ4n) is 4.68. The lowest BCUT2D eigenvalue weighted by atomic mass is 10.3. The Bertz CT molecular complexity index is 472. The molecule has 1 N–H and O–H groups in total. The Morgan fingerprint density at radius 2 is 1.29 bits per heavy atom. The second kappa shape index (κ2) is 14.5. The van der Waals surface area contributed by atoms with E-state index in [2.05, 4.69) is 40.8 Å².